The van der Waals surface area contributed by atoms with Gasteiger partial charge in [-0.2, -0.15) is 0 Å². The first-order valence-corrected chi connectivity index (χ1v) is 1.48. The molecule has 0 atom stereocenters. The summed E-state index contributed by atoms with van der Waals surface area (Å²) in [6.45, 7) is 0.0382. The van der Waals surface area contributed by atoms with Gasteiger partial charge in [0.1, 0.15) is 0 Å². The summed E-state index contributed by atoms with van der Waals surface area (Å²) in [4.78, 5) is 0. The van der Waals surface area contributed by atoms with E-state index in [2.05, 4.69) is 0 Å². The second-order valence-corrected chi connectivity index (χ2v) is 0.695. The van der Waals surface area contributed by atoms with Gasteiger partial charge in [0.05, 0.1) is 13.0 Å². The highest BCUT2D eigenvalue weighted by atomic mass is 35.5. The molecule has 6 heavy (non-hydrogen) atoms. The molecular weight excluding hydrogens is 101 g/mol. The van der Waals surface area contributed by atoms with Crippen molar-refractivity contribution in [1.82, 2.24) is 5.41 Å². The highest BCUT2D eigenvalue weighted by Gasteiger charge is 1.77. The number of hydrogen-bond donors (Lipinski definition) is 1. The molecule has 1 N–H and O–H groups in total. The molecule has 3 heteroatoms. The molecule has 0 aromatic heterocycles. The van der Waals surface area contributed by atoms with E-state index < -0.39 is 0 Å². The molecule has 0 aliphatic carbocycles. The predicted molar refractivity (Wildman–Crippen MR) is 19.9 cm³/mol. The fourth-order valence-electron chi connectivity index (χ4n) is 0.0577. The van der Waals surface area contributed by atoms with Crippen LogP contribution in [0, 0.1) is 0 Å². The summed E-state index contributed by atoms with van der Waals surface area (Å²) in [5.41, 5.74) is 0. The Balaban J connectivity index is 0. The van der Waals surface area contributed by atoms with Gasteiger partial charge in [0.25, 0.3) is 0 Å². The zero-order chi connectivity index (χ0) is 4.12. The van der Waals surface area contributed by atoms with Crippen molar-refractivity contribution in [2.75, 3.05) is 6.61 Å². The molecule has 0 unspecified atom stereocenters. The van der Waals surface area contributed by atoms with Gasteiger partial charge in [0.2, 0.25) is 0 Å². The maximum absolute atomic E-state index is 7.88. The van der Waals surface area contributed by atoms with E-state index in [0.717, 1.165) is 6.21 Å². The second-order valence-electron chi connectivity index (χ2n) is 0.695. The van der Waals surface area contributed by atoms with Crippen LogP contribution in [0.4, 0.5) is 0 Å². The van der Waals surface area contributed by atoms with Crippen molar-refractivity contribution in [1.29, 1.82) is 0 Å². The van der Waals surface area contributed by atoms with Crippen LogP contribution in [0.3, 0.4) is 0 Å². The van der Waals surface area contributed by atoms with Crippen LogP contribution in [0.25, 0.3) is 0 Å². The smallest absolute Gasteiger partial charge is 0.414 e. The fourth-order valence-corrected chi connectivity index (χ4v) is 0.0577. The van der Waals surface area contributed by atoms with Gasteiger partial charge in [-0.3, -0.25) is 0 Å². The van der Waals surface area contributed by atoms with Crippen molar-refractivity contribution < 1.29 is 17.5 Å². The highest BCUT2D eigenvalue weighted by molar-refractivity contribution is 5.53. The lowest BCUT2D eigenvalue weighted by Gasteiger charge is -1.64. The number of halogens is 1. The first kappa shape index (κ1) is 9.33. The number of rotatable bonds is 2. The fraction of sp³-hybridized carbons (Fsp3) is 0.667. The molecule has 0 amide bonds. The highest BCUT2D eigenvalue weighted by Crippen LogP contribution is 1.57. The molecule has 0 spiro atoms. The summed E-state index contributed by atoms with van der Waals surface area (Å²) < 4.78 is 0. The SMILES string of the molecule is [Cl-].[N+]=CCCO. The van der Waals surface area contributed by atoms with Crippen LogP contribution in [0.2, 0.25) is 0 Å². The molecule has 2 nitrogen and oxygen atoms in total. The lowest BCUT2D eigenvalue weighted by Crippen LogP contribution is -3.00. The standard InChI is InChI=1S/C3H6NO.ClH/c4-2-1-3-5;/h2,5H,1,3H2;1H/q+1;/p-1. The van der Waals surface area contributed by atoms with Crippen LogP contribution in [0.15, 0.2) is 0 Å². The molecule has 0 bridgehead atoms. The van der Waals surface area contributed by atoms with Crippen LogP contribution < -0.4 is 17.8 Å². The van der Waals surface area contributed by atoms with E-state index in [1.54, 1.807) is 0 Å². The van der Waals surface area contributed by atoms with E-state index >= 15 is 0 Å². The number of aliphatic hydroxyl groups excluding tert-OH is 1. The topological polar surface area (TPSA) is 42.5 Å². The molecule has 36 valence electrons. The molecule has 0 heterocycles. The molecule has 0 aromatic carbocycles. The van der Waals surface area contributed by atoms with Gasteiger partial charge < -0.3 is 17.5 Å². The molecule has 0 aromatic rings. The Labute approximate surface area is 43.1 Å². The Morgan fingerprint density at radius 3 is 2.17 bits per heavy atom. The zero-order valence-electron chi connectivity index (χ0n) is 3.26. The normalized spacial score (nSPS) is 6.17. The van der Waals surface area contributed by atoms with E-state index in [0.29, 0.717) is 6.42 Å². The number of hydrogen-bond acceptors (Lipinski definition) is 1. The van der Waals surface area contributed by atoms with Gasteiger partial charge in [-0.25, -0.2) is 0 Å². The Kier molecular flexibility index (Phi) is 13.8. The van der Waals surface area contributed by atoms with Crippen LogP contribution in [0.5, 0.6) is 0 Å². The minimum absolute atomic E-state index is 0. The molecule has 0 fully saturated rings. The first-order chi connectivity index (χ1) is 2.41. The zero-order valence-corrected chi connectivity index (χ0v) is 4.02. The van der Waals surface area contributed by atoms with Crippen LogP contribution in [-0.4, -0.2) is 17.9 Å². The monoisotopic (exact) mass is 107 g/mol. The molecular formula is C3H6ClNO. The first-order valence-electron chi connectivity index (χ1n) is 1.48. The largest absolute Gasteiger partial charge is 1.00 e. The molecule has 0 aliphatic rings. The van der Waals surface area contributed by atoms with Crippen LogP contribution in [0.1, 0.15) is 6.42 Å². The van der Waals surface area contributed by atoms with Gasteiger partial charge in [-0.05, 0) is 0 Å². The lowest BCUT2D eigenvalue weighted by atomic mass is 10.5. The molecule has 0 rings (SSSR count). The third-order valence-corrected chi connectivity index (χ3v) is 0.258. The van der Waals surface area contributed by atoms with E-state index in [4.69, 9.17) is 10.5 Å². The van der Waals surface area contributed by atoms with E-state index in [1.807, 2.05) is 0 Å². The maximum Gasteiger partial charge on any atom is 0.414 e. The summed E-state index contributed by atoms with van der Waals surface area (Å²) in [6, 6.07) is 0. The van der Waals surface area contributed by atoms with E-state index in [1.165, 1.54) is 0 Å². The summed E-state index contributed by atoms with van der Waals surface area (Å²) in [7, 11) is 0. The van der Waals surface area contributed by atoms with Gasteiger partial charge in [0.15, 0.2) is 0 Å². The molecule has 0 saturated heterocycles. The Hall–Kier alpha value is -0.0800. The van der Waals surface area contributed by atoms with E-state index in [9.17, 15) is 0 Å². The van der Waals surface area contributed by atoms with Gasteiger partial charge in [-0.15, -0.1) is 0 Å². The third kappa shape index (κ3) is 9.07. The predicted octanol–water partition coefficient (Wildman–Crippen LogP) is -3.76. The quantitative estimate of drug-likeness (QED) is 0.362. The van der Waals surface area contributed by atoms with Gasteiger partial charge in [0, 0.05) is 0 Å². The Morgan fingerprint density at radius 1 is 1.67 bits per heavy atom. The van der Waals surface area contributed by atoms with Crippen molar-refractivity contribution in [3.05, 3.63) is 0 Å². The van der Waals surface area contributed by atoms with Crippen molar-refractivity contribution in [2.24, 2.45) is 0 Å². The minimum atomic E-state index is 0. The minimum Gasteiger partial charge on any atom is -1.00 e. The number of nitrogens with zero attached hydrogens (tertiary/aromatic N) is 1. The Bertz CT molecular complexity index is 32.0. The van der Waals surface area contributed by atoms with Crippen molar-refractivity contribution in [2.45, 2.75) is 6.42 Å². The second kappa shape index (κ2) is 8.87. The summed E-state index contributed by atoms with van der Waals surface area (Å²) in [5.74, 6) is 0. The molecule has 2 radical (unpaired) electrons. The van der Waals surface area contributed by atoms with Crippen LogP contribution >= 0.6 is 0 Å². The third-order valence-electron chi connectivity index (χ3n) is 0.258. The lowest BCUT2D eigenvalue weighted by molar-refractivity contribution is -0.00000241. The van der Waals surface area contributed by atoms with E-state index in [-0.39, 0.29) is 19.0 Å². The average molecular weight is 108 g/mol. The maximum atomic E-state index is 7.88. The van der Waals surface area contributed by atoms with Crippen molar-refractivity contribution in [3.8, 4) is 0 Å². The van der Waals surface area contributed by atoms with Crippen molar-refractivity contribution in [3.63, 3.8) is 0 Å². The van der Waals surface area contributed by atoms with Gasteiger partial charge in [-0.1, -0.05) is 0 Å². The summed E-state index contributed by atoms with van der Waals surface area (Å²) in [6.07, 6.45) is 1.31. The summed E-state index contributed by atoms with van der Waals surface area (Å²) >= 11 is 0. The number of aliphatic hydroxyl groups is 1. The van der Waals surface area contributed by atoms with Gasteiger partial charge >= 0.3 is 11.6 Å². The van der Waals surface area contributed by atoms with Crippen LogP contribution in [-0.2, 0) is 0 Å². The molecule has 0 saturated carbocycles. The molecule has 0 aliphatic heterocycles. The summed E-state index contributed by atoms with van der Waals surface area (Å²) in [5, 5.41) is 15.7. The average Bonchev–Trinajstić information content (AvgIpc) is 1.41. The Morgan fingerprint density at radius 2 is 2.17 bits per heavy atom. The van der Waals surface area contributed by atoms with Crippen molar-refractivity contribution >= 4 is 6.21 Å².